The van der Waals surface area contributed by atoms with E-state index in [-0.39, 0.29) is 22.2 Å². The van der Waals surface area contributed by atoms with Crippen LogP contribution < -0.4 is 16.8 Å². The first-order chi connectivity index (χ1) is 9.33. The Balaban J connectivity index is 3.24. The van der Waals surface area contributed by atoms with Gasteiger partial charge in [0.15, 0.2) is 0 Å². The van der Waals surface area contributed by atoms with Crippen molar-refractivity contribution in [2.24, 2.45) is 11.7 Å². The standard InChI is InChI=1S/C13H21N3O3S/c1-5-7(6(2)3)16-12-8(11(15)17)9(14)10(20-12)13(18)19-4/h6-7,16H,5,14H2,1-4H3,(H2,15,17). The van der Waals surface area contributed by atoms with Crippen LogP contribution >= 0.6 is 11.3 Å². The number of thiophene rings is 1. The smallest absolute Gasteiger partial charge is 0.350 e. The number of nitrogen functional groups attached to an aromatic ring is 1. The quantitative estimate of drug-likeness (QED) is 0.697. The Labute approximate surface area is 122 Å². The van der Waals surface area contributed by atoms with E-state index in [1.165, 1.54) is 7.11 Å². The van der Waals surface area contributed by atoms with Crippen LogP contribution in [0.2, 0.25) is 0 Å². The van der Waals surface area contributed by atoms with Crippen LogP contribution in [0.1, 0.15) is 47.2 Å². The SMILES string of the molecule is CCC(Nc1sc(C(=O)OC)c(N)c1C(N)=O)C(C)C. The van der Waals surface area contributed by atoms with Crippen LogP contribution in [-0.4, -0.2) is 25.0 Å². The number of nitrogens with one attached hydrogen (secondary N) is 1. The first-order valence-electron chi connectivity index (χ1n) is 6.40. The molecule has 6 nitrogen and oxygen atoms in total. The predicted molar refractivity (Wildman–Crippen MR) is 81.1 cm³/mol. The van der Waals surface area contributed by atoms with Gasteiger partial charge in [0.2, 0.25) is 0 Å². The number of esters is 1. The molecule has 1 aromatic heterocycles. The van der Waals surface area contributed by atoms with Crippen LogP contribution in [0.15, 0.2) is 0 Å². The zero-order valence-corrected chi connectivity index (χ0v) is 13.0. The van der Waals surface area contributed by atoms with Crippen LogP contribution in [0.5, 0.6) is 0 Å². The van der Waals surface area contributed by atoms with Crippen molar-refractivity contribution in [2.45, 2.75) is 33.2 Å². The third-order valence-corrected chi connectivity index (χ3v) is 4.24. The van der Waals surface area contributed by atoms with Gasteiger partial charge in [0.25, 0.3) is 5.91 Å². The molecule has 0 aliphatic carbocycles. The second kappa shape index (κ2) is 6.60. The maximum absolute atomic E-state index is 11.6. The lowest BCUT2D eigenvalue weighted by Gasteiger charge is -2.21. The second-order valence-corrected chi connectivity index (χ2v) is 5.83. The van der Waals surface area contributed by atoms with E-state index in [1.54, 1.807) is 0 Å². The molecule has 0 aliphatic rings. The van der Waals surface area contributed by atoms with E-state index in [0.29, 0.717) is 10.9 Å². The molecule has 1 unspecified atom stereocenters. The fraction of sp³-hybridized carbons (Fsp3) is 0.538. The zero-order chi connectivity index (χ0) is 15.4. The molecule has 112 valence electrons. The highest BCUT2D eigenvalue weighted by Gasteiger charge is 2.26. The summed E-state index contributed by atoms with van der Waals surface area (Å²) in [6.07, 6.45) is 0.876. The van der Waals surface area contributed by atoms with Gasteiger partial charge < -0.3 is 21.5 Å². The normalized spacial score (nSPS) is 12.2. The number of primary amides is 1. The summed E-state index contributed by atoms with van der Waals surface area (Å²) in [5, 5.41) is 3.77. The van der Waals surface area contributed by atoms with E-state index in [0.717, 1.165) is 17.8 Å². The van der Waals surface area contributed by atoms with Gasteiger partial charge in [0.1, 0.15) is 9.88 Å². The van der Waals surface area contributed by atoms with Gasteiger partial charge in [-0.3, -0.25) is 4.79 Å². The molecular formula is C13H21N3O3S. The van der Waals surface area contributed by atoms with Crippen molar-refractivity contribution in [3.8, 4) is 0 Å². The van der Waals surface area contributed by atoms with Crippen molar-refractivity contribution in [3.05, 3.63) is 10.4 Å². The number of carbonyl (C=O) groups is 2. The van der Waals surface area contributed by atoms with Crippen molar-refractivity contribution < 1.29 is 14.3 Å². The lowest BCUT2D eigenvalue weighted by atomic mass is 10.0. The maximum Gasteiger partial charge on any atom is 0.350 e. The monoisotopic (exact) mass is 299 g/mol. The van der Waals surface area contributed by atoms with E-state index in [9.17, 15) is 9.59 Å². The van der Waals surface area contributed by atoms with Crippen molar-refractivity contribution >= 4 is 33.9 Å². The number of methoxy groups -OCH3 is 1. The van der Waals surface area contributed by atoms with Crippen molar-refractivity contribution in [1.82, 2.24) is 0 Å². The number of anilines is 2. The molecule has 0 spiro atoms. The Morgan fingerprint density at radius 3 is 2.40 bits per heavy atom. The summed E-state index contributed by atoms with van der Waals surface area (Å²) >= 11 is 1.10. The van der Waals surface area contributed by atoms with E-state index in [2.05, 4.69) is 23.9 Å². The second-order valence-electron chi connectivity index (χ2n) is 4.81. The number of hydrogen-bond donors (Lipinski definition) is 3. The molecule has 1 aromatic rings. The maximum atomic E-state index is 11.6. The van der Waals surface area contributed by atoms with Crippen molar-refractivity contribution in [1.29, 1.82) is 0 Å². The van der Waals surface area contributed by atoms with Crippen molar-refractivity contribution in [2.75, 3.05) is 18.2 Å². The van der Waals surface area contributed by atoms with Gasteiger partial charge in [-0.05, 0) is 12.3 Å². The third kappa shape index (κ3) is 3.22. The molecule has 5 N–H and O–H groups in total. The van der Waals surface area contributed by atoms with E-state index >= 15 is 0 Å². The Morgan fingerprint density at radius 1 is 1.40 bits per heavy atom. The van der Waals surface area contributed by atoms with Gasteiger partial charge in [0.05, 0.1) is 18.4 Å². The predicted octanol–water partition coefficient (Wildman–Crippen LogP) is 2.06. The van der Waals surface area contributed by atoms with Gasteiger partial charge in [-0.2, -0.15) is 0 Å². The molecule has 20 heavy (non-hydrogen) atoms. The van der Waals surface area contributed by atoms with Gasteiger partial charge in [-0.1, -0.05) is 20.8 Å². The lowest BCUT2D eigenvalue weighted by molar-refractivity contribution is 0.0607. The Morgan fingerprint density at radius 2 is 2.00 bits per heavy atom. The highest BCUT2D eigenvalue weighted by Crippen LogP contribution is 2.37. The first-order valence-corrected chi connectivity index (χ1v) is 7.21. The topological polar surface area (TPSA) is 107 Å². The van der Waals surface area contributed by atoms with Crippen LogP contribution in [0.25, 0.3) is 0 Å². The summed E-state index contributed by atoms with van der Waals surface area (Å²) in [6.45, 7) is 6.19. The van der Waals surface area contributed by atoms with Gasteiger partial charge in [0, 0.05) is 6.04 Å². The minimum atomic E-state index is -0.657. The summed E-state index contributed by atoms with van der Waals surface area (Å²) in [4.78, 5) is 23.4. The van der Waals surface area contributed by atoms with Crippen LogP contribution in [-0.2, 0) is 4.74 Å². The molecule has 7 heteroatoms. The van der Waals surface area contributed by atoms with Gasteiger partial charge in [-0.15, -0.1) is 11.3 Å². The minimum absolute atomic E-state index is 0.0791. The highest BCUT2D eigenvalue weighted by molar-refractivity contribution is 7.19. The van der Waals surface area contributed by atoms with E-state index < -0.39 is 11.9 Å². The van der Waals surface area contributed by atoms with Crippen LogP contribution in [0.3, 0.4) is 0 Å². The van der Waals surface area contributed by atoms with E-state index in [4.69, 9.17) is 11.5 Å². The highest BCUT2D eigenvalue weighted by atomic mass is 32.1. The molecule has 0 saturated carbocycles. The minimum Gasteiger partial charge on any atom is -0.465 e. The lowest BCUT2D eigenvalue weighted by Crippen LogP contribution is -2.25. The Kier molecular flexibility index (Phi) is 5.38. The number of nitrogens with two attached hydrogens (primary N) is 2. The molecular weight excluding hydrogens is 278 g/mol. The number of hydrogen-bond acceptors (Lipinski definition) is 6. The molecule has 0 fully saturated rings. The molecule has 1 amide bonds. The average molecular weight is 299 g/mol. The molecule has 1 atom stereocenters. The fourth-order valence-electron chi connectivity index (χ4n) is 1.94. The number of carbonyl (C=O) groups excluding carboxylic acids is 2. The summed E-state index contributed by atoms with van der Waals surface area (Å²) in [5.41, 5.74) is 11.4. The molecule has 0 aromatic carbocycles. The number of ether oxygens (including phenoxy) is 1. The summed E-state index contributed by atoms with van der Waals surface area (Å²) in [6, 6.07) is 0.164. The Hall–Kier alpha value is -1.76. The van der Waals surface area contributed by atoms with Crippen molar-refractivity contribution in [3.63, 3.8) is 0 Å². The number of amides is 1. The zero-order valence-electron chi connectivity index (χ0n) is 12.1. The van der Waals surface area contributed by atoms with Crippen LogP contribution in [0, 0.1) is 5.92 Å². The fourth-order valence-corrected chi connectivity index (χ4v) is 3.05. The average Bonchev–Trinajstić information content (AvgIpc) is 2.71. The molecule has 0 aliphatic heterocycles. The van der Waals surface area contributed by atoms with Gasteiger partial charge >= 0.3 is 5.97 Å². The largest absolute Gasteiger partial charge is 0.465 e. The molecule has 0 radical (unpaired) electrons. The summed E-state index contributed by atoms with van der Waals surface area (Å²) < 4.78 is 4.66. The number of rotatable bonds is 6. The van der Waals surface area contributed by atoms with Gasteiger partial charge in [-0.25, -0.2) is 4.79 Å². The summed E-state index contributed by atoms with van der Waals surface area (Å²) in [7, 11) is 1.27. The summed E-state index contributed by atoms with van der Waals surface area (Å²) in [5.74, 6) is -0.860. The third-order valence-electron chi connectivity index (χ3n) is 3.12. The first kappa shape index (κ1) is 16.3. The van der Waals surface area contributed by atoms with Crippen LogP contribution in [0.4, 0.5) is 10.7 Å². The molecule has 1 heterocycles. The molecule has 0 saturated heterocycles. The molecule has 0 bridgehead atoms. The molecule has 1 rings (SSSR count). The van der Waals surface area contributed by atoms with E-state index in [1.807, 2.05) is 6.92 Å². The Bertz CT molecular complexity index is 511.